The van der Waals surface area contributed by atoms with Crippen molar-refractivity contribution in [3.8, 4) is 17.6 Å². The SMILES string of the molecule is C=CCc1cc(/C=C(\C#N)C(=O)Nc2ccccc2Cl)cc(OCC)c1OCc1cccc(F)c1. The fourth-order valence-corrected chi connectivity index (χ4v) is 3.53. The number of halogens is 2. The van der Waals surface area contributed by atoms with Crippen LogP contribution >= 0.6 is 11.6 Å². The zero-order chi connectivity index (χ0) is 25.2. The summed E-state index contributed by atoms with van der Waals surface area (Å²) in [6.45, 7) is 6.15. The van der Waals surface area contributed by atoms with Gasteiger partial charge in [0.25, 0.3) is 5.91 Å². The standard InChI is InChI=1S/C28H24ClFN2O3/c1-3-8-21-13-20(14-22(17-31)28(33)32-25-12-6-5-11-24(25)29)16-26(34-4-2)27(21)35-18-19-9-7-10-23(30)15-19/h3,5-7,9-16H,1,4,8,18H2,2H3,(H,32,33)/b22-14+. The van der Waals surface area contributed by atoms with Crippen molar-refractivity contribution in [2.24, 2.45) is 0 Å². The summed E-state index contributed by atoms with van der Waals surface area (Å²) in [5.74, 6) is 0.00258. The Labute approximate surface area is 209 Å². The third-order valence-corrected chi connectivity index (χ3v) is 5.22. The van der Waals surface area contributed by atoms with Crippen LogP contribution in [0.1, 0.15) is 23.6 Å². The van der Waals surface area contributed by atoms with Crippen LogP contribution in [0.4, 0.5) is 10.1 Å². The second kappa shape index (κ2) is 12.4. The molecule has 3 rings (SSSR count). The van der Waals surface area contributed by atoms with E-state index in [1.54, 1.807) is 54.6 Å². The Morgan fingerprint density at radius 2 is 1.97 bits per heavy atom. The molecule has 0 aromatic heterocycles. The maximum atomic E-state index is 13.6. The Morgan fingerprint density at radius 3 is 2.66 bits per heavy atom. The lowest BCUT2D eigenvalue weighted by atomic mass is 10.0. The summed E-state index contributed by atoms with van der Waals surface area (Å²) in [5, 5.41) is 12.6. The number of nitrogens with zero attached hydrogens (tertiary/aromatic N) is 1. The number of carbonyl (C=O) groups excluding carboxylic acids is 1. The predicted octanol–water partition coefficient (Wildman–Crippen LogP) is 6.73. The molecule has 0 aliphatic rings. The molecule has 1 amide bonds. The molecular weight excluding hydrogens is 467 g/mol. The second-order valence-electron chi connectivity index (χ2n) is 7.46. The summed E-state index contributed by atoms with van der Waals surface area (Å²) < 4.78 is 25.4. The first-order valence-corrected chi connectivity index (χ1v) is 11.3. The van der Waals surface area contributed by atoms with Gasteiger partial charge in [-0.2, -0.15) is 5.26 Å². The van der Waals surface area contributed by atoms with Crippen LogP contribution in [0.15, 0.2) is 78.9 Å². The summed E-state index contributed by atoms with van der Waals surface area (Å²) >= 11 is 6.11. The summed E-state index contributed by atoms with van der Waals surface area (Å²) in [6, 6.07) is 18.4. The lowest BCUT2D eigenvalue weighted by molar-refractivity contribution is -0.112. The molecule has 0 saturated heterocycles. The Hall–Kier alpha value is -4.08. The van der Waals surface area contributed by atoms with E-state index in [2.05, 4.69) is 11.9 Å². The van der Waals surface area contributed by atoms with Gasteiger partial charge in [0, 0.05) is 5.56 Å². The highest BCUT2D eigenvalue weighted by atomic mass is 35.5. The van der Waals surface area contributed by atoms with Gasteiger partial charge < -0.3 is 14.8 Å². The summed E-state index contributed by atoms with van der Waals surface area (Å²) in [5.41, 5.74) is 2.30. The van der Waals surface area contributed by atoms with Crippen LogP contribution < -0.4 is 14.8 Å². The molecule has 0 radical (unpaired) electrons. The molecule has 1 N–H and O–H groups in total. The topological polar surface area (TPSA) is 71.4 Å². The highest BCUT2D eigenvalue weighted by molar-refractivity contribution is 6.34. The van der Waals surface area contributed by atoms with E-state index in [1.165, 1.54) is 18.2 Å². The van der Waals surface area contributed by atoms with E-state index < -0.39 is 5.91 Å². The molecular formula is C28H24ClFN2O3. The highest BCUT2D eigenvalue weighted by Crippen LogP contribution is 2.35. The number of anilines is 1. The quantitative estimate of drug-likeness (QED) is 0.194. The maximum absolute atomic E-state index is 13.6. The van der Waals surface area contributed by atoms with Crippen LogP contribution in [0, 0.1) is 17.1 Å². The van der Waals surface area contributed by atoms with Gasteiger partial charge >= 0.3 is 0 Å². The first-order chi connectivity index (χ1) is 16.9. The van der Waals surface area contributed by atoms with Crippen molar-refractivity contribution in [3.05, 3.63) is 106 Å². The summed E-state index contributed by atoms with van der Waals surface area (Å²) in [4.78, 5) is 12.7. The maximum Gasteiger partial charge on any atom is 0.266 e. The van der Waals surface area contributed by atoms with Crippen molar-refractivity contribution >= 4 is 29.3 Å². The lowest BCUT2D eigenvalue weighted by Gasteiger charge is -2.17. The average molecular weight is 491 g/mol. The number of nitrogens with one attached hydrogen (secondary N) is 1. The van der Waals surface area contributed by atoms with Crippen molar-refractivity contribution in [1.82, 2.24) is 0 Å². The molecule has 178 valence electrons. The highest BCUT2D eigenvalue weighted by Gasteiger charge is 2.16. The average Bonchev–Trinajstić information content (AvgIpc) is 2.84. The van der Waals surface area contributed by atoms with Crippen LogP contribution in [0.2, 0.25) is 5.02 Å². The van der Waals surface area contributed by atoms with Crippen molar-refractivity contribution in [2.75, 3.05) is 11.9 Å². The van der Waals surface area contributed by atoms with Gasteiger partial charge in [0.05, 0.1) is 17.3 Å². The van der Waals surface area contributed by atoms with E-state index in [-0.39, 0.29) is 18.0 Å². The van der Waals surface area contributed by atoms with Crippen molar-refractivity contribution in [1.29, 1.82) is 5.26 Å². The number of hydrogen-bond acceptors (Lipinski definition) is 4. The molecule has 0 aliphatic carbocycles. The Kier molecular flexibility index (Phi) is 9.05. The van der Waals surface area contributed by atoms with Gasteiger partial charge in [0.15, 0.2) is 11.5 Å². The number of hydrogen-bond donors (Lipinski definition) is 1. The fourth-order valence-electron chi connectivity index (χ4n) is 3.35. The molecule has 0 spiro atoms. The Balaban J connectivity index is 1.94. The number of ether oxygens (including phenoxy) is 2. The number of benzene rings is 3. The monoisotopic (exact) mass is 490 g/mol. The molecule has 7 heteroatoms. The zero-order valence-electron chi connectivity index (χ0n) is 19.2. The number of para-hydroxylation sites is 1. The van der Waals surface area contributed by atoms with E-state index in [9.17, 15) is 14.4 Å². The molecule has 5 nitrogen and oxygen atoms in total. The predicted molar refractivity (Wildman–Crippen MR) is 136 cm³/mol. The van der Waals surface area contributed by atoms with Crippen molar-refractivity contribution in [2.45, 2.75) is 20.0 Å². The third-order valence-electron chi connectivity index (χ3n) is 4.89. The largest absolute Gasteiger partial charge is 0.490 e. The number of rotatable bonds is 10. The van der Waals surface area contributed by atoms with Crippen molar-refractivity contribution in [3.63, 3.8) is 0 Å². The van der Waals surface area contributed by atoms with E-state index >= 15 is 0 Å². The zero-order valence-corrected chi connectivity index (χ0v) is 19.9. The van der Waals surface area contributed by atoms with E-state index in [1.807, 2.05) is 13.0 Å². The van der Waals surface area contributed by atoms with Crippen LogP contribution in [0.3, 0.4) is 0 Å². The lowest BCUT2D eigenvalue weighted by Crippen LogP contribution is -2.13. The van der Waals surface area contributed by atoms with E-state index in [0.29, 0.717) is 46.4 Å². The number of allylic oxidation sites excluding steroid dienone is 1. The number of carbonyl (C=O) groups is 1. The number of nitriles is 1. The van der Waals surface area contributed by atoms with Crippen LogP contribution in [0.5, 0.6) is 11.5 Å². The Morgan fingerprint density at radius 1 is 1.17 bits per heavy atom. The molecule has 35 heavy (non-hydrogen) atoms. The second-order valence-corrected chi connectivity index (χ2v) is 7.86. The van der Waals surface area contributed by atoms with Crippen molar-refractivity contribution < 1.29 is 18.7 Å². The van der Waals surface area contributed by atoms with Gasteiger partial charge in [-0.1, -0.05) is 41.9 Å². The minimum Gasteiger partial charge on any atom is -0.490 e. The van der Waals surface area contributed by atoms with Gasteiger partial charge in [0.1, 0.15) is 24.1 Å². The smallest absolute Gasteiger partial charge is 0.266 e. The van der Waals surface area contributed by atoms with Crippen LogP contribution in [-0.4, -0.2) is 12.5 Å². The minimum atomic E-state index is -0.588. The third kappa shape index (κ3) is 6.95. The fraction of sp³-hybridized carbons (Fsp3) is 0.143. The first-order valence-electron chi connectivity index (χ1n) is 10.9. The van der Waals surface area contributed by atoms with Gasteiger partial charge in [-0.15, -0.1) is 6.58 Å². The molecule has 0 fully saturated rings. The molecule has 0 bridgehead atoms. The van der Waals surface area contributed by atoms with E-state index in [4.69, 9.17) is 21.1 Å². The van der Waals surface area contributed by atoms with Crippen LogP contribution in [-0.2, 0) is 17.8 Å². The Bertz CT molecular complexity index is 1300. The van der Waals surface area contributed by atoms with Crippen LogP contribution in [0.25, 0.3) is 6.08 Å². The molecule has 0 unspecified atom stereocenters. The molecule has 0 saturated carbocycles. The molecule has 0 aliphatic heterocycles. The summed E-state index contributed by atoms with van der Waals surface area (Å²) in [6.07, 6.45) is 3.63. The summed E-state index contributed by atoms with van der Waals surface area (Å²) in [7, 11) is 0. The van der Waals surface area contributed by atoms with Gasteiger partial charge in [-0.25, -0.2) is 4.39 Å². The van der Waals surface area contributed by atoms with Gasteiger partial charge in [0.2, 0.25) is 0 Å². The molecule has 0 heterocycles. The molecule has 3 aromatic carbocycles. The van der Waals surface area contributed by atoms with Gasteiger partial charge in [-0.05, 0) is 66.9 Å². The van der Waals surface area contributed by atoms with E-state index in [0.717, 1.165) is 5.56 Å². The number of amides is 1. The normalized spacial score (nSPS) is 10.9. The first kappa shape index (κ1) is 25.5. The molecule has 3 aromatic rings. The van der Waals surface area contributed by atoms with Gasteiger partial charge in [-0.3, -0.25) is 4.79 Å². The molecule has 0 atom stereocenters. The minimum absolute atomic E-state index is 0.106.